The fourth-order valence-corrected chi connectivity index (χ4v) is 4.62. The zero-order valence-electron chi connectivity index (χ0n) is 18.5. The van der Waals surface area contributed by atoms with Crippen LogP contribution in [0.1, 0.15) is 37.1 Å². The Kier molecular flexibility index (Phi) is 6.48. The first-order valence-corrected chi connectivity index (χ1v) is 11.9. The zero-order chi connectivity index (χ0) is 26.3. The third kappa shape index (κ3) is 4.76. The lowest BCUT2D eigenvalue weighted by Crippen LogP contribution is -2.29. The highest BCUT2D eigenvalue weighted by Gasteiger charge is 2.48. The summed E-state index contributed by atoms with van der Waals surface area (Å²) in [5, 5.41) is 0. The molecule has 15 heteroatoms. The number of imidazole rings is 1. The number of fused-ring (bicyclic) bond motifs is 1. The van der Waals surface area contributed by atoms with E-state index in [9.17, 15) is 30.8 Å². The minimum Gasteiger partial charge on any atom is -0.433 e. The summed E-state index contributed by atoms with van der Waals surface area (Å²) >= 11 is 0. The van der Waals surface area contributed by atoms with Gasteiger partial charge >= 0.3 is 21.6 Å². The molecular weight excluding hydrogens is 508 g/mol. The van der Waals surface area contributed by atoms with Crippen molar-refractivity contribution < 1.29 is 35.5 Å². The van der Waals surface area contributed by atoms with Crippen LogP contribution in [-0.2, 0) is 14.8 Å². The molecule has 2 atom stereocenters. The maximum Gasteiger partial charge on any atom is 0.517 e. The molecule has 10 nitrogen and oxygen atoms in total. The van der Waals surface area contributed by atoms with Gasteiger partial charge in [-0.25, -0.2) is 28.1 Å². The molecule has 0 aromatic carbocycles. The summed E-state index contributed by atoms with van der Waals surface area (Å²) < 4.78 is 82.2. The number of ether oxygens (including phenoxy) is 1. The number of nitrogens with two attached hydrogens (primary N) is 1. The van der Waals surface area contributed by atoms with Crippen molar-refractivity contribution in [3.63, 3.8) is 0 Å². The van der Waals surface area contributed by atoms with Gasteiger partial charge in [0, 0.05) is 12.1 Å². The van der Waals surface area contributed by atoms with E-state index in [1.54, 1.807) is 4.90 Å². The van der Waals surface area contributed by atoms with Crippen LogP contribution >= 0.6 is 0 Å². The van der Waals surface area contributed by atoms with Gasteiger partial charge in [-0.05, 0) is 43.9 Å². The van der Waals surface area contributed by atoms with E-state index in [1.165, 1.54) is 25.1 Å². The fourth-order valence-electron chi connectivity index (χ4n) is 3.86. The Balaban J connectivity index is 1.75. The molecule has 0 saturated carbocycles. The van der Waals surface area contributed by atoms with Crippen LogP contribution in [0, 0.1) is 17.7 Å². The van der Waals surface area contributed by atoms with Crippen molar-refractivity contribution in [2.24, 2.45) is 5.73 Å². The van der Waals surface area contributed by atoms with Crippen molar-refractivity contribution in [1.82, 2.24) is 18.9 Å². The Morgan fingerprint density at radius 1 is 1.31 bits per heavy atom. The van der Waals surface area contributed by atoms with Crippen LogP contribution in [-0.4, -0.2) is 51.6 Å². The smallest absolute Gasteiger partial charge is 0.433 e. The van der Waals surface area contributed by atoms with Gasteiger partial charge in [-0.3, -0.25) is 0 Å². The highest BCUT2D eigenvalue weighted by molar-refractivity contribution is 7.90. The fraction of sp³-hybridized carbons (Fsp3) is 0.333. The van der Waals surface area contributed by atoms with Crippen molar-refractivity contribution in [3.05, 3.63) is 47.8 Å². The molecule has 4 heterocycles. The Morgan fingerprint density at radius 2 is 2.06 bits per heavy atom. The Hall–Kier alpha value is -3.93. The van der Waals surface area contributed by atoms with Crippen molar-refractivity contribution in [2.75, 3.05) is 11.4 Å². The number of carbonyl (C=O) groups is 1. The molecule has 190 valence electrons. The maximum atomic E-state index is 14.1. The Morgan fingerprint density at radius 3 is 2.75 bits per heavy atom. The molecule has 1 unspecified atom stereocenters. The summed E-state index contributed by atoms with van der Waals surface area (Å²) in [7, 11) is -5.75. The molecule has 0 aliphatic carbocycles. The van der Waals surface area contributed by atoms with Gasteiger partial charge in [0.1, 0.15) is 29.2 Å². The predicted octanol–water partition coefficient (Wildman–Crippen LogP) is 2.84. The zero-order valence-corrected chi connectivity index (χ0v) is 19.3. The number of alkyl halides is 3. The second kappa shape index (κ2) is 9.26. The lowest BCUT2D eigenvalue weighted by molar-refractivity contribution is -0.0445. The number of hydrogen-bond donors (Lipinski definition) is 1. The molecule has 1 saturated heterocycles. The van der Waals surface area contributed by atoms with Crippen molar-refractivity contribution in [2.45, 2.75) is 37.4 Å². The van der Waals surface area contributed by atoms with E-state index < -0.39 is 45.2 Å². The first kappa shape index (κ1) is 25.2. The van der Waals surface area contributed by atoms with Crippen molar-refractivity contribution in [3.8, 4) is 11.8 Å². The third-order valence-corrected chi connectivity index (χ3v) is 6.75. The predicted molar refractivity (Wildman–Crippen MR) is 118 cm³/mol. The summed E-state index contributed by atoms with van der Waals surface area (Å²) in [6.45, 7) is 1.88. The van der Waals surface area contributed by atoms with Crippen LogP contribution in [0.5, 0.6) is 0 Å². The highest BCUT2D eigenvalue weighted by atomic mass is 32.2. The Labute approximate surface area is 202 Å². The van der Waals surface area contributed by atoms with Gasteiger partial charge in [0.15, 0.2) is 11.8 Å². The molecule has 3 aromatic rings. The van der Waals surface area contributed by atoms with Crippen LogP contribution in [0.15, 0.2) is 30.7 Å². The topological polar surface area (TPSA) is 133 Å². The molecule has 0 spiro atoms. The minimum absolute atomic E-state index is 0.0162. The number of amides is 1. The van der Waals surface area contributed by atoms with E-state index in [-0.39, 0.29) is 21.0 Å². The van der Waals surface area contributed by atoms with Crippen LogP contribution in [0.3, 0.4) is 0 Å². The van der Waals surface area contributed by atoms with Crippen LogP contribution in [0.4, 0.5) is 28.2 Å². The molecule has 36 heavy (non-hydrogen) atoms. The molecule has 1 aliphatic heterocycles. The second-order valence-electron chi connectivity index (χ2n) is 7.79. The average Bonchev–Trinajstić information content (AvgIpc) is 3.44. The van der Waals surface area contributed by atoms with Gasteiger partial charge in [-0.2, -0.15) is 21.6 Å². The molecule has 2 N–H and O–H groups in total. The number of nitrogens with zero attached hydrogens (tertiary/aromatic N) is 5. The van der Waals surface area contributed by atoms with E-state index in [0.29, 0.717) is 31.3 Å². The van der Waals surface area contributed by atoms with Crippen LogP contribution < -0.4 is 10.6 Å². The van der Waals surface area contributed by atoms with Gasteiger partial charge in [0.2, 0.25) is 0 Å². The van der Waals surface area contributed by atoms with E-state index in [0.717, 1.165) is 6.20 Å². The number of anilines is 1. The van der Waals surface area contributed by atoms with E-state index in [4.69, 9.17) is 10.5 Å². The van der Waals surface area contributed by atoms with Gasteiger partial charge in [-0.15, -0.1) is 0 Å². The first-order chi connectivity index (χ1) is 16.9. The summed E-state index contributed by atoms with van der Waals surface area (Å²) in [5.74, 6) is 4.92. The lowest BCUT2D eigenvalue weighted by atomic mass is 10.0. The quantitative estimate of drug-likeness (QED) is 0.405. The summed E-state index contributed by atoms with van der Waals surface area (Å²) in [6.07, 6.45) is 0.769. The number of carbonyl (C=O) groups excluding carboxylic acids is 1. The minimum atomic E-state index is -5.75. The van der Waals surface area contributed by atoms with E-state index >= 15 is 0 Å². The number of hydrogen-bond acceptors (Lipinski definition) is 8. The number of pyridine rings is 2. The molecule has 1 fully saturated rings. The molecule has 0 bridgehead atoms. The molecule has 1 amide bonds. The molecule has 4 rings (SSSR count). The largest absolute Gasteiger partial charge is 0.517 e. The molecule has 3 aromatic heterocycles. The number of primary amides is 1. The Bertz CT molecular complexity index is 1500. The van der Waals surface area contributed by atoms with Crippen LogP contribution in [0.25, 0.3) is 11.2 Å². The molecule has 1 aliphatic rings. The van der Waals surface area contributed by atoms with Crippen molar-refractivity contribution in [1.29, 1.82) is 0 Å². The maximum absolute atomic E-state index is 14.1. The van der Waals surface area contributed by atoms with Gasteiger partial charge in [0.25, 0.3) is 0 Å². The number of rotatable bonds is 4. The summed E-state index contributed by atoms with van der Waals surface area (Å²) in [4.78, 5) is 24.5. The van der Waals surface area contributed by atoms with Crippen LogP contribution in [0.2, 0.25) is 0 Å². The number of aromatic nitrogens is 4. The normalized spacial score (nSPS) is 17.0. The first-order valence-electron chi connectivity index (χ1n) is 10.4. The second-order valence-corrected chi connectivity index (χ2v) is 9.60. The van der Waals surface area contributed by atoms with E-state index in [1.807, 2.05) is 0 Å². The molecule has 0 radical (unpaired) electrons. The average molecular weight is 526 g/mol. The summed E-state index contributed by atoms with van der Waals surface area (Å²) in [5.41, 5.74) is -0.551. The third-order valence-electron chi connectivity index (χ3n) is 5.38. The number of halogens is 4. The van der Waals surface area contributed by atoms with Gasteiger partial charge < -0.3 is 15.4 Å². The van der Waals surface area contributed by atoms with Crippen molar-refractivity contribution >= 4 is 33.1 Å². The standard InChI is InChI=1S/C21H18F4N6O4S/c1-12(35-20(26)32)4-5-15-14(9-13(22)10-27-15)17-3-2-8-30(17)18-7-6-16-19(29-18)31(11-28-16)36(33,34)21(23,24)25/h6-7,9-12,17H,2-3,8H2,1H3,(H2,26,32)/t12?,17-/m1/s1. The SMILES string of the molecule is CC(C#Cc1ncc(F)cc1[C@H]1CCCN1c1ccc2ncn(S(=O)(=O)C(F)(F)F)c2n1)OC(N)=O. The molecular formula is C21H18F4N6O4S. The summed E-state index contributed by atoms with van der Waals surface area (Å²) in [6, 6.07) is 3.55. The van der Waals surface area contributed by atoms with Gasteiger partial charge in [-0.1, -0.05) is 5.92 Å². The monoisotopic (exact) mass is 526 g/mol. The highest BCUT2D eigenvalue weighted by Crippen LogP contribution is 2.37. The van der Waals surface area contributed by atoms with E-state index in [2.05, 4.69) is 26.8 Å². The van der Waals surface area contributed by atoms with Gasteiger partial charge in [0.05, 0.1) is 12.2 Å². The lowest BCUT2D eigenvalue weighted by Gasteiger charge is -2.26.